The highest BCUT2D eigenvalue weighted by Gasteiger charge is 2.26. The van der Waals surface area contributed by atoms with Gasteiger partial charge in [-0.2, -0.15) is 0 Å². The van der Waals surface area contributed by atoms with Crippen LogP contribution in [-0.4, -0.2) is 11.9 Å². The summed E-state index contributed by atoms with van der Waals surface area (Å²) in [6.07, 6.45) is 12.4. The third-order valence-electron chi connectivity index (χ3n) is 4.08. The van der Waals surface area contributed by atoms with Crippen LogP contribution in [0.2, 0.25) is 0 Å². The molecule has 2 heteroatoms. The normalized spacial score (nSPS) is 34.7. The zero-order valence-corrected chi connectivity index (χ0v) is 10.2. The fourth-order valence-electron chi connectivity index (χ4n) is 2.86. The van der Waals surface area contributed by atoms with E-state index >= 15 is 0 Å². The topological polar surface area (TPSA) is 29.1 Å². The molecule has 0 bridgehead atoms. The summed E-state index contributed by atoms with van der Waals surface area (Å²) in [5.74, 6) is 1.19. The van der Waals surface area contributed by atoms with Crippen molar-refractivity contribution in [3.63, 3.8) is 0 Å². The van der Waals surface area contributed by atoms with E-state index in [1.807, 2.05) is 0 Å². The fourth-order valence-corrected chi connectivity index (χ4v) is 2.86. The highest BCUT2D eigenvalue weighted by Crippen LogP contribution is 2.25. The molecule has 0 aromatic heterocycles. The molecule has 0 radical (unpaired) electrons. The van der Waals surface area contributed by atoms with Crippen LogP contribution in [0.3, 0.4) is 0 Å². The van der Waals surface area contributed by atoms with Crippen molar-refractivity contribution in [3.8, 4) is 0 Å². The second kappa shape index (κ2) is 5.51. The van der Waals surface area contributed by atoms with Gasteiger partial charge in [0.05, 0.1) is 0 Å². The lowest BCUT2D eigenvalue weighted by molar-refractivity contribution is -0.126. The summed E-state index contributed by atoms with van der Waals surface area (Å²) < 4.78 is 0. The molecule has 2 rings (SSSR count). The van der Waals surface area contributed by atoms with Gasteiger partial charge in [0.1, 0.15) is 0 Å². The zero-order chi connectivity index (χ0) is 11.4. The van der Waals surface area contributed by atoms with Crippen LogP contribution >= 0.6 is 0 Å². The number of carbonyl (C=O) groups is 1. The van der Waals surface area contributed by atoms with Crippen molar-refractivity contribution < 1.29 is 4.79 Å². The van der Waals surface area contributed by atoms with Crippen LogP contribution in [0.25, 0.3) is 0 Å². The summed E-state index contributed by atoms with van der Waals surface area (Å²) in [4.78, 5) is 12.1. The molecule has 2 nitrogen and oxygen atoms in total. The Morgan fingerprint density at radius 3 is 2.69 bits per heavy atom. The Hall–Kier alpha value is -0.790. The van der Waals surface area contributed by atoms with Gasteiger partial charge in [-0.05, 0) is 38.0 Å². The van der Waals surface area contributed by atoms with Crippen molar-refractivity contribution in [3.05, 3.63) is 12.2 Å². The Kier molecular flexibility index (Phi) is 4.03. The van der Waals surface area contributed by atoms with E-state index in [9.17, 15) is 4.79 Å². The van der Waals surface area contributed by atoms with Gasteiger partial charge in [0, 0.05) is 12.0 Å². The standard InChI is InChI=1S/C14H23NO/c1-11-7-5-6-10-13(11)15-14(16)12-8-3-2-4-9-12/h2-3,11-13H,4-10H2,1H3,(H,15,16)/t11-,12-,13-/m1/s1. The van der Waals surface area contributed by atoms with Crippen molar-refractivity contribution in [2.75, 3.05) is 0 Å². The summed E-state index contributed by atoms with van der Waals surface area (Å²) in [6, 6.07) is 0.437. The monoisotopic (exact) mass is 221 g/mol. The first-order valence-corrected chi connectivity index (χ1v) is 6.72. The molecule has 2 aliphatic carbocycles. The number of hydrogen-bond donors (Lipinski definition) is 1. The Morgan fingerprint density at radius 1 is 1.19 bits per heavy atom. The van der Waals surface area contributed by atoms with Gasteiger partial charge in [-0.3, -0.25) is 4.79 Å². The lowest BCUT2D eigenvalue weighted by Crippen LogP contribution is -2.43. The van der Waals surface area contributed by atoms with E-state index in [1.54, 1.807) is 0 Å². The first kappa shape index (κ1) is 11.7. The Labute approximate surface area is 98.5 Å². The SMILES string of the molecule is C[C@@H]1CCCC[C@H]1NC(=O)[C@@H]1CC=CCC1. The van der Waals surface area contributed by atoms with Crippen molar-refractivity contribution in [1.29, 1.82) is 0 Å². The molecular weight excluding hydrogens is 198 g/mol. The average Bonchev–Trinajstić information content (AvgIpc) is 2.33. The highest BCUT2D eigenvalue weighted by atomic mass is 16.1. The maximum atomic E-state index is 12.1. The summed E-state index contributed by atoms with van der Waals surface area (Å²) >= 11 is 0. The Bertz CT molecular complexity index is 272. The Balaban J connectivity index is 1.83. The molecule has 3 atom stereocenters. The molecule has 0 unspecified atom stereocenters. The van der Waals surface area contributed by atoms with Crippen LogP contribution in [0.15, 0.2) is 12.2 Å². The van der Waals surface area contributed by atoms with Crippen LogP contribution in [0.4, 0.5) is 0 Å². The lowest BCUT2D eigenvalue weighted by atomic mass is 9.85. The fraction of sp³-hybridized carbons (Fsp3) is 0.786. The first-order valence-electron chi connectivity index (χ1n) is 6.72. The molecule has 1 N–H and O–H groups in total. The lowest BCUT2D eigenvalue weighted by Gasteiger charge is -2.31. The molecule has 0 aliphatic heterocycles. The van der Waals surface area contributed by atoms with Gasteiger partial charge in [-0.15, -0.1) is 0 Å². The quantitative estimate of drug-likeness (QED) is 0.713. The predicted molar refractivity (Wildman–Crippen MR) is 66.0 cm³/mol. The number of nitrogens with one attached hydrogen (secondary N) is 1. The van der Waals surface area contributed by atoms with E-state index in [2.05, 4.69) is 24.4 Å². The summed E-state index contributed by atoms with van der Waals surface area (Å²) in [7, 11) is 0. The van der Waals surface area contributed by atoms with Gasteiger partial charge in [-0.1, -0.05) is 31.9 Å². The molecule has 0 saturated heterocycles. The van der Waals surface area contributed by atoms with Crippen LogP contribution in [0, 0.1) is 11.8 Å². The van der Waals surface area contributed by atoms with Crippen molar-refractivity contribution in [2.45, 2.75) is 57.9 Å². The number of carbonyl (C=O) groups excluding carboxylic acids is 1. The number of allylic oxidation sites excluding steroid dienone is 2. The van der Waals surface area contributed by atoms with E-state index < -0.39 is 0 Å². The molecule has 1 amide bonds. The summed E-state index contributed by atoms with van der Waals surface area (Å²) in [5.41, 5.74) is 0. The molecule has 0 aromatic rings. The minimum Gasteiger partial charge on any atom is -0.353 e. The maximum Gasteiger partial charge on any atom is 0.223 e. The predicted octanol–water partition coefficient (Wildman–Crippen LogP) is 3.04. The molecule has 90 valence electrons. The van der Waals surface area contributed by atoms with E-state index in [1.165, 1.54) is 25.7 Å². The van der Waals surface area contributed by atoms with Crippen LogP contribution < -0.4 is 5.32 Å². The smallest absolute Gasteiger partial charge is 0.223 e. The molecule has 0 spiro atoms. The van der Waals surface area contributed by atoms with Crippen molar-refractivity contribution in [1.82, 2.24) is 5.32 Å². The third-order valence-corrected chi connectivity index (χ3v) is 4.08. The zero-order valence-electron chi connectivity index (χ0n) is 10.2. The summed E-state index contributed by atoms with van der Waals surface area (Å²) in [5, 5.41) is 3.27. The molecule has 16 heavy (non-hydrogen) atoms. The molecule has 1 saturated carbocycles. The number of hydrogen-bond acceptors (Lipinski definition) is 1. The third kappa shape index (κ3) is 2.87. The second-order valence-electron chi connectivity index (χ2n) is 5.36. The van der Waals surface area contributed by atoms with Crippen LogP contribution in [0.5, 0.6) is 0 Å². The van der Waals surface area contributed by atoms with E-state index in [4.69, 9.17) is 0 Å². The van der Waals surface area contributed by atoms with Gasteiger partial charge < -0.3 is 5.32 Å². The van der Waals surface area contributed by atoms with Crippen LogP contribution in [-0.2, 0) is 4.79 Å². The van der Waals surface area contributed by atoms with Crippen LogP contribution in [0.1, 0.15) is 51.9 Å². The maximum absolute atomic E-state index is 12.1. The minimum absolute atomic E-state index is 0.235. The minimum atomic E-state index is 0.235. The van der Waals surface area contributed by atoms with Crippen molar-refractivity contribution >= 4 is 5.91 Å². The first-order chi connectivity index (χ1) is 7.77. The largest absolute Gasteiger partial charge is 0.353 e. The van der Waals surface area contributed by atoms with Gasteiger partial charge in [0.25, 0.3) is 0 Å². The van der Waals surface area contributed by atoms with Crippen molar-refractivity contribution in [2.24, 2.45) is 11.8 Å². The molecule has 2 aliphatic rings. The summed E-state index contributed by atoms with van der Waals surface area (Å²) in [6.45, 7) is 2.27. The number of amides is 1. The van der Waals surface area contributed by atoms with Gasteiger partial charge >= 0.3 is 0 Å². The molecule has 0 aromatic carbocycles. The molecule has 1 fully saturated rings. The molecular formula is C14H23NO. The number of rotatable bonds is 2. The highest BCUT2D eigenvalue weighted by molar-refractivity contribution is 5.79. The average molecular weight is 221 g/mol. The molecule has 0 heterocycles. The van der Waals surface area contributed by atoms with Gasteiger partial charge in [-0.25, -0.2) is 0 Å². The Morgan fingerprint density at radius 2 is 2.00 bits per heavy atom. The van der Waals surface area contributed by atoms with E-state index in [0.29, 0.717) is 17.9 Å². The van der Waals surface area contributed by atoms with E-state index in [0.717, 1.165) is 19.3 Å². The van der Waals surface area contributed by atoms with Gasteiger partial charge in [0.15, 0.2) is 0 Å². The van der Waals surface area contributed by atoms with Gasteiger partial charge in [0.2, 0.25) is 5.91 Å². The second-order valence-corrected chi connectivity index (χ2v) is 5.36. The van der Waals surface area contributed by atoms with E-state index in [-0.39, 0.29) is 5.92 Å².